The average Bonchev–Trinajstić information content (AvgIpc) is 2.45. The Hall–Kier alpha value is -2.28. The first-order valence-corrected chi connectivity index (χ1v) is 6.04. The van der Waals surface area contributed by atoms with Gasteiger partial charge < -0.3 is 5.32 Å². The monoisotopic (exact) mass is 235 g/mol. The number of hydrogen-bond donors (Lipinski definition) is 1. The lowest BCUT2D eigenvalue weighted by atomic mass is 10.2. The summed E-state index contributed by atoms with van der Waals surface area (Å²) in [7, 11) is 0. The van der Waals surface area contributed by atoms with Crippen LogP contribution in [0.5, 0.6) is 0 Å². The first-order chi connectivity index (χ1) is 8.84. The molecule has 0 aliphatic carbocycles. The van der Waals surface area contributed by atoms with E-state index in [-0.39, 0.29) is 0 Å². The van der Waals surface area contributed by atoms with E-state index >= 15 is 0 Å². The van der Waals surface area contributed by atoms with Gasteiger partial charge >= 0.3 is 0 Å². The third-order valence-corrected chi connectivity index (χ3v) is 2.64. The molecule has 1 N–H and O–H groups in total. The number of nitrogens with one attached hydrogen (secondary N) is 1. The molecule has 1 heteroatoms. The summed E-state index contributed by atoms with van der Waals surface area (Å²) in [6, 6.07) is 20.5. The minimum atomic E-state index is 0.804. The molecule has 90 valence electrons. The van der Waals surface area contributed by atoms with E-state index in [9.17, 15) is 0 Å². The van der Waals surface area contributed by atoms with Crippen LogP contribution >= 0.6 is 0 Å². The largest absolute Gasteiger partial charge is 0.381 e. The molecule has 0 radical (unpaired) electrons. The van der Waals surface area contributed by atoms with Crippen LogP contribution in [0.4, 0.5) is 0 Å². The molecule has 0 unspecified atom stereocenters. The van der Waals surface area contributed by atoms with Gasteiger partial charge in [0.15, 0.2) is 0 Å². The number of benzene rings is 2. The van der Waals surface area contributed by atoms with E-state index < -0.39 is 0 Å². The SMILES string of the molecule is C=C(/C=C/c1ccccc1)NCc1ccccc1. The van der Waals surface area contributed by atoms with Crippen LogP contribution in [0.25, 0.3) is 6.08 Å². The normalized spacial score (nSPS) is 10.4. The maximum atomic E-state index is 3.99. The first-order valence-electron chi connectivity index (χ1n) is 6.04. The molecular formula is C17H17N. The van der Waals surface area contributed by atoms with Gasteiger partial charge in [-0.3, -0.25) is 0 Å². The maximum absolute atomic E-state index is 3.99. The Balaban J connectivity index is 1.84. The fraction of sp³-hybridized carbons (Fsp3) is 0.0588. The van der Waals surface area contributed by atoms with Crippen LogP contribution in [0.1, 0.15) is 11.1 Å². The molecule has 0 aliphatic heterocycles. The highest BCUT2D eigenvalue weighted by molar-refractivity contribution is 5.51. The molecule has 0 atom stereocenters. The van der Waals surface area contributed by atoms with Crippen molar-refractivity contribution in [2.24, 2.45) is 0 Å². The van der Waals surface area contributed by atoms with E-state index in [1.807, 2.05) is 42.5 Å². The maximum Gasteiger partial charge on any atom is 0.0400 e. The highest BCUT2D eigenvalue weighted by Crippen LogP contribution is 2.04. The van der Waals surface area contributed by atoms with Crippen molar-refractivity contribution in [3.8, 4) is 0 Å². The number of allylic oxidation sites excluding steroid dienone is 1. The quantitative estimate of drug-likeness (QED) is 0.772. The Morgan fingerprint density at radius 2 is 1.56 bits per heavy atom. The van der Waals surface area contributed by atoms with Crippen molar-refractivity contribution >= 4 is 6.08 Å². The molecule has 1 nitrogen and oxygen atoms in total. The molecule has 0 saturated heterocycles. The third-order valence-electron chi connectivity index (χ3n) is 2.64. The van der Waals surface area contributed by atoms with Crippen molar-refractivity contribution in [1.29, 1.82) is 0 Å². The molecule has 18 heavy (non-hydrogen) atoms. The molecule has 0 bridgehead atoms. The van der Waals surface area contributed by atoms with Crippen molar-refractivity contribution in [3.63, 3.8) is 0 Å². The molecule has 0 aliphatic rings. The highest BCUT2D eigenvalue weighted by atomic mass is 14.9. The summed E-state index contributed by atoms with van der Waals surface area (Å²) < 4.78 is 0. The van der Waals surface area contributed by atoms with Gasteiger partial charge in [0, 0.05) is 12.2 Å². The molecule has 2 aromatic rings. The van der Waals surface area contributed by atoms with Gasteiger partial charge in [-0.1, -0.05) is 73.3 Å². The van der Waals surface area contributed by atoms with E-state index in [2.05, 4.69) is 42.2 Å². The number of hydrogen-bond acceptors (Lipinski definition) is 1. The predicted molar refractivity (Wildman–Crippen MR) is 77.9 cm³/mol. The van der Waals surface area contributed by atoms with E-state index in [1.54, 1.807) is 0 Å². The highest BCUT2D eigenvalue weighted by Gasteiger charge is 1.91. The second-order valence-electron chi connectivity index (χ2n) is 4.11. The molecule has 0 amide bonds. The Kier molecular flexibility index (Phi) is 4.37. The fourth-order valence-corrected chi connectivity index (χ4v) is 1.63. The molecule has 2 aromatic carbocycles. The van der Waals surface area contributed by atoms with E-state index in [1.165, 1.54) is 11.1 Å². The summed E-state index contributed by atoms with van der Waals surface area (Å²) in [5.41, 5.74) is 3.36. The van der Waals surface area contributed by atoms with Crippen molar-refractivity contribution in [1.82, 2.24) is 5.32 Å². The molecule has 0 spiro atoms. The third kappa shape index (κ3) is 3.95. The van der Waals surface area contributed by atoms with E-state index in [0.717, 1.165) is 12.2 Å². The minimum Gasteiger partial charge on any atom is -0.381 e. The average molecular weight is 235 g/mol. The first kappa shape index (κ1) is 12.2. The molecule has 0 aromatic heterocycles. The lowest BCUT2D eigenvalue weighted by molar-refractivity contribution is 0.838. The summed E-state index contributed by atoms with van der Waals surface area (Å²) in [4.78, 5) is 0. The molecule has 0 fully saturated rings. The van der Waals surface area contributed by atoms with Gasteiger partial charge in [0.05, 0.1) is 0 Å². The van der Waals surface area contributed by atoms with Gasteiger partial charge in [0.2, 0.25) is 0 Å². The van der Waals surface area contributed by atoms with E-state index in [4.69, 9.17) is 0 Å². The Labute approximate surface area is 108 Å². The molecular weight excluding hydrogens is 218 g/mol. The van der Waals surface area contributed by atoms with Crippen LogP contribution in [-0.2, 0) is 6.54 Å². The Morgan fingerprint density at radius 3 is 2.22 bits per heavy atom. The van der Waals surface area contributed by atoms with Crippen LogP contribution in [0.2, 0.25) is 0 Å². The van der Waals surface area contributed by atoms with Crippen molar-refractivity contribution in [2.45, 2.75) is 6.54 Å². The van der Waals surface area contributed by atoms with Gasteiger partial charge in [-0.25, -0.2) is 0 Å². The number of rotatable bonds is 5. The Morgan fingerprint density at radius 1 is 0.944 bits per heavy atom. The fourth-order valence-electron chi connectivity index (χ4n) is 1.63. The standard InChI is InChI=1S/C17H17N/c1-15(12-13-16-8-4-2-5-9-16)18-14-17-10-6-3-7-11-17/h2-13,18H,1,14H2/b13-12+. The lowest BCUT2D eigenvalue weighted by Crippen LogP contribution is -2.09. The van der Waals surface area contributed by atoms with Crippen molar-refractivity contribution in [3.05, 3.63) is 90.1 Å². The van der Waals surface area contributed by atoms with Crippen LogP contribution in [0, 0.1) is 0 Å². The summed E-state index contributed by atoms with van der Waals surface area (Å²) in [5.74, 6) is 0. The zero-order chi connectivity index (χ0) is 12.6. The van der Waals surface area contributed by atoms with Gasteiger partial charge in [-0.2, -0.15) is 0 Å². The molecule has 0 heterocycles. The molecule has 2 rings (SSSR count). The van der Waals surface area contributed by atoms with Gasteiger partial charge in [-0.15, -0.1) is 0 Å². The van der Waals surface area contributed by atoms with E-state index in [0.29, 0.717) is 0 Å². The zero-order valence-electron chi connectivity index (χ0n) is 10.3. The Bertz CT molecular complexity index is 512. The van der Waals surface area contributed by atoms with Crippen molar-refractivity contribution < 1.29 is 0 Å². The second kappa shape index (κ2) is 6.45. The summed E-state index contributed by atoms with van der Waals surface area (Å²) in [5, 5.41) is 3.29. The smallest absolute Gasteiger partial charge is 0.0400 e. The van der Waals surface area contributed by atoms with Crippen LogP contribution in [0.3, 0.4) is 0 Å². The van der Waals surface area contributed by atoms with Crippen LogP contribution in [0.15, 0.2) is 79.0 Å². The van der Waals surface area contributed by atoms with Crippen LogP contribution < -0.4 is 5.32 Å². The van der Waals surface area contributed by atoms with Gasteiger partial charge in [0.25, 0.3) is 0 Å². The minimum absolute atomic E-state index is 0.804. The molecule has 0 saturated carbocycles. The van der Waals surface area contributed by atoms with Crippen molar-refractivity contribution in [2.75, 3.05) is 0 Å². The van der Waals surface area contributed by atoms with Gasteiger partial charge in [0.1, 0.15) is 0 Å². The van der Waals surface area contributed by atoms with Crippen LogP contribution in [-0.4, -0.2) is 0 Å². The topological polar surface area (TPSA) is 12.0 Å². The predicted octanol–water partition coefficient (Wildman–Crippen LogP) is 4.00. The lowest BCUT2D eigenvalue weighted by Gasteiger charge is -2.05. The zero-order valence-corrected chi connectivity index (χ0v) is 10.3. The summed E-state index contributed by atoms with van der Waals surface area (Å²) >= 11 is 0. The second-order valence-corrected chi connectivity index (χ2v) is 4.11. The van der Waals surface area contributed by atoms with Gasteiger partial charge in [-0.05, 0) is 17.2 Å². The summed E-state index contributed by atoms with van der Waals surface area (Å²) in [6.45, 7) is 4.79. The summed E-state index contributed by atoms with van der Waals surface area (Å²) in [6.07, 6.45) is 4.05.